The van der Waals surface area contributed by atoms with Crippen molar-refractivity contribution in [3.05, 3.63) is 83.9 Å². The van der Waals surface area contributed by atoms with Crippen molar-refractivity contribution in [3.63, 3.8) is 0 Å². The van der Waals surface area contributed by atoms with E-state index in [-0.39, 0.29) is 11.3 Å². The number of ether oxygens (including phenoxy) is 1. The van der Waals surface area contributed by atoms with Crippen molar-refractivity contribution in [1.82, 2.24) is 0 Å². The lowest BCUT2D eigenvalue weighted by molar-refractivity contribution is 0.0696. The van der Waals surface area contributed by atoms with Gasteiger partial charge in [-0.1, -0.05) is 54.6 Å². The zero-order valence-corrected chi connectivity index (χ0v) is 16.1. The summed E-state index contributed by atoms with van der Waals surface area (Å²) in [4.78, 5) is 12.1. The van der Waals surface area contributed by atoms with E-state index in [0.717, 1.165) is 16.7 Å². The lowest BCUT2D eigenvalue weighted by Gasteiger charge is -2.17. The summed E-state index contributed by atoms with van der Waals surface area (Å²) in [6.45, 7) is 1.63. The van der Waals surface area contributed by atoms with Crippen molar-refractivity contribution in [2.24, 2.45) is 0 Å². The van der Waals surface area contributed by atoms with Gasteiger partial charge in [-0.3, -0.25) is 0 Å². The smallest absolute Gasteiger partial charge is 0.336 e. The average molecular weight is 384 g/mol. The quantitative estimate of drug-likeness (QED) is 0.460. The van der Waals surface area contributed by atoms with Crippen molar-refractivity contribution >= 4 is 16.7 Å². The summed E-state index contributed by atoms with van der Waals surface area (Å²) in [5, 5.41) is 21.7. The first kappa shape index (κ1) is 18.6. The minimum absolute atomic E-state index is 0.0234. The summed E-state index contributed by atoms with van der Waals surface area (Å²) < 4.78 is 5.33. The molecule has 0 aliphatic carbocycles. The number of benzene rings is 4. The standard InChI is InChI=1S/C25H20O4/c1-15-22(25(27)28)23(21-14-19(29-2)12-13-20(21)24(15)26)18-10-8-17(9-11-18)16-6-4-3-5-7-16/h3-14,26H,1-2H3,(H,27,28). The minimum Gasteiger partial charge on any atom is -0.507 e. The molecule has 0 bridgehead atoms. The first-order chi connectivity index (χ1) is 14.0. The molecule has 0 radical (unpaired) electrons. The van der Waals surface area contributed by atoms with Gasteiger partial charge < -0.3 is 14.9 Å². The Bertz CT molecular complexity index is 1210. The van der Waals surface area contributed by atoms with Crippen LogP contribution >= 0.6 is 0 Å². The van der Waals surface area contributed by atoms with E-state index >= 15 is 0 Å². The maximum absolute atomic E-state index is 12.1. The molecule has 29 heavy (non-hydrogen) atoms. The highest BCUT2D eigenvalue weighted by Gasteiger charge is 2.22. The first-order valence-electron chi connectivity index (χ1n) is 9.23. The number of phenols is 1. The van der Waals surface area contributed by atoms with Gasteiger partial charge >= 0.3 is 5.97 Å². The number of carbonyl (C=O) groups is 1. The predicted octanol–water partition coefficient (Wildman–Crippen LogP) is 5.89. The van der Waals surface area contributed by atoms with Crippen LogP contribution in [-0.4, -0.2) is 23.3 Å². The lowest BCUT2D eigenvalue weighted by Crippen LogP contribution is -2.04. The van der Waals surface area contributed by atoms with Crippen molar-refractivity contribution in [1.29, 1.82) is 0 Å². The second kappa shape index (κ2) is 7.32. The summed E-state index contributed by atoms with van der Waals surface area (Å²) >= 11 is 0. The monoisotopic (exact) mass is 384 g/mol. The van der Waals surface area contributed by atoms with E-state index < -0.39 is 5.97 Å². The van der Waals surface area contributed by atoms with E-state index in [9.17, 15) is 15.0 Å². The molecule has 0 saturated heterocycles. The molecule has 0 aromatic heterocycles. The van der Waals surface area contributed by atoms with Gasteiger partial charge in [-0.15, -0.1) is 0 Å². The Kier molecular flexibility index (Phi) is 4.69. The molecule has 4 nitrogen and oxygen atoms in total. The van der Waals surface area contributed by atoms with E-state index in [1.807, 2.05) is 54.6 Å². The maximum atomic E-state index is 12.1. The van der Waals surface area contributed by atoms with Crippen LogP contribution in [0.5, 0.6) is 11.5 Å². The molecular formula is C25H20O4. The normalized spacial score (nSPS) is 10.8. The van der Waals surface area contributed by atoms with Crippen LogP contribution in [-0.2, 0) is 0 Å². The Morgan fingerprint density at radius 2 is 1.45 bits per heavy atom. The summed E-state index contributed by atoms with van der Waals surface area (Å²) in [6.07, 6.45) is 0. The molecule has 0 atom stereocenters. The molecule has 144 valence electrons. The molecule has 0 fully saturated rings. The number of phenolic OH excluding ortho intramolecular Hbond substituents is 1. The third-order valence-electron chi connectivity index (χ3n) is 5.23. The molecule has 0 aliphatic rings. The molecule has 2 N–H and O–H groups in total. The van der Waals surface area contributed by atoms with Gasteiger partial charge in [0.1, 0.15) is 11.5 Å². The zero-order valence-electron chi connectivity index (χ0n) is 16.1. The molecule has 4 rings (SSSR count). The molecule has 4 heteroatoms. The Hall–Kier alpha value is -3.79. The van der Waals surface area contributed by atoms with Crippen molar-refractivity contribution in [2.75, 3.05) is 7.11 Å². The van der Waals surface area contributed by atoms with E-state index in [1.165, 1.54) is 0 Å². The Balaban J connectivity index is 2.00. The van der Waals surface area contributed by atoms with Crippen LogP contribution in [0.15, 0.2) is 72.8 Å². The number of fused-ring (bicyclic) bond motifs is 1. The summed E-state index contributed by atoms with van der Waals surface area (Å²) in [7, 11) is 1.56. The molecule has 0 saturated carbocycles. The second-order valence-electron chi connectivity index (χ2n) is 6.88. The molecule has 0 aliphatic heterocycles. The van der Waals surface area contributed by atoms with Crippen LogP contribution in [0, 0.1) is 6.92 Å². The number of methoxy groups -OCH3 is 1. The van der Waals surface area contributed by atoms with Crippen LogP contribution < -0.4 is 4.74 Å². The Morgan fingerprint density at radius 1 is 0.828 bits per heavy atom. The van der Waals surface area contributed by atoms with Crippen LogP contribution in [0.4, 0.5) is 0 Å². The second-order valence-corrected chi connectivity index (χ2v) is 6.88. The van der Waals surface area contributed by atoms with Gasteiger partial charge in [0, 0.05) is 16.5 Å². The third kappa shape index (κ3) is 3.19. The van der Waals surface area contributed by atoms with Crippen LogP contribution in [0.1, 0.15) is 15.9 Å². The molecule has 4 aromatic rings. The van der Waals surface area contributed by atoms with Gasteiger partial charge in [-0.2, -0.15) is 0 Å². The van der Waals surface area contributed by atoms with Crippen LogP contribution in [0.25, 0.3) is 33.0 Å². The van der Waals surface area contributed by atoms with E-state index in [2.05, 4.69) is 0 Å². The van der Waals surface area contributed by atoms with Crippen molar-refractivity contribution < 1.29 is 19.7 Å². The molecule has 0 heterocycles. The van der Waals surface area contributed by atoms with E-state index in [4.69, 9.17) is 4.74 Å². The van der Waals surface area contributed by atoms with Gasteiger partial charge in [-0.05, 0) is 47.2 Å². The van der Waals surface area contributed by atoms with Crippen molar-refractivity contribution in [2.45, 2.75) is 6.92 Å². The minimum atomic E-state index is -1.08. The molecule has 0 unspecified atom stereocenters. The molecule has 0 amide bonds. The van der Waals surface area contributed by atoms with E-state index in [0.29, 0.717) is 27.6 Å². The number of hydrogen-bond donors (Lipinski definition) is 2. The van der Waals surface area contributed by atoms with Crippen LogP contribution in [0.3, 0.4) is 0 Å². The molecule has 0 spiro atoms. The fourth-order valence-electron chi connectivity index (χ4n) is 3.73. The van der Waals surface area contributed by atoms with Crippen LogP contribution in [0.2, 0.25) is 0 Å². The number of aromatic hydroxyl groups is 1. The van der Waals surface area contributed by atoms with Gasteiger partial charge in [0.15, 0.2) is 0 Å². The van der Waals surface area contributed by atoms with Gasteiger partial charge in [0.25, 0.3) is 0 Å². The number of rotatable bonds is 4. The fraction of sp³-hybridized carbons (Fsp3) is 0.0800. The number of hydrogen-bond acceptors (Lipinski definition) is 3. The zero-order chi connectivity index (χ0) is 20.5. The van der Waals surface area contributed by atoms with Gasteiger partial charge in [0.05, 0.1) is 12.7 Å². The third-order valence-corrected chi connectivity index (χ3v) is 5.23. The predicted molar refractivity (Wildman–Crippen MR) is 115 cm³/mol. The number of carboxylic acids is 1. The molecular weight excluding hydrogens is 364 g/mol. The van der Waals surface area contributed by atoms with Crippen molar-refractivity contribution in [3.8, 4) is 33.8 Å². The summed E-state index contributed by atoms with van der Waals surface area (Å²) in [5.41, 5.74) is 3.91. The van der Waals surface area contributed by atoms with Gasteiger partial charge in [-0.25, -0.2) is 4.79 Å². The lowest BCUT2D eigenvalue weighted by atomic mass is 9.88. The highest BCUT2D eigenvalue weighted by atomic mass is 16.5. The number of carboxylic acid groups (broad SMARTS) is 1. The summed E-state index contributed by atoms with van der Waals surface area (Å²) in [6, 6.07) is 23.1. The highest BCUT2D eigenvalue weighted by molar-refractivity contribution is 6.11. The topological polar surface area (TPSA) is 66.8 Å². The van der Waals surface area contributed by atoms with E-state index in [1.54, 1.807) is 32.2 Å². The SMILES string of the molecule is COc1ccc2c(O)c(C)c(C(=O)O)c(-c3ccc(-c4ccccc4)cc3)c2c1. The number of aromatic carboxylic acids is 1. The Morgan fingerprint density at radius 3 is 2.07 bits per heavy atom. The first-order valence-corrected chi connectivity index (χ1v) is 9.23. The molecule has 4 aromatic carbocycles. The maximum Gasteiger partial charge on any atom is 0.336 e. The highest BCUT2D eigenvalue weighted by Crippen LogP contribution is 2.42. The van der Waals surface area contributed by atoms with Gasteiger partial charge in [0.2, 0.25) is 0 Å². The Labute approximate surface area is 168 Å². The largest absolute Gasteiger partial charge is 0.507 e. The fourth-order valence-corrected chi connectivity index (χ4v) is 3.73. The summed E-state index contributed by atoms with van der Waals surface area (Å²) in [5.74, 6) is -0.506. The average Bonchev–Trinajstić information content (AvgIpc) is 2.76.